The lowest BCUT2D eigenvalue weighted by molar-refractivity contribution is -0.131. The Morgan fingerprint density at radius 2 is 2.05 bits per heavy atom. The van der Waals surface area contributed by atoms with Gasteiger partial charge in [-0.3, -0.25) is 0 Å². The number of carboxylic acid groups (broad SMARTS) is 1. The highest BCUT2D eigenvalue weighted by molar-refractivity contribution is 5.81. The summed E-state index contributed by atoms with van der Waals surface area (Å²) in [5, 5.41) is 8.75. The van der Waals surface area contributed by atoms with Crippen molar-refractivity contribution in [1.82, 2.24) is 0 Å². The number of hydrogen-bond acceptors (Lipinski definition) is 2. The number of hydrogen-bond donors (Lipinski definition) is 1. The molecule has 0 aromatic heterocycles. The van der Waals surface area contributed by atoms with Gasteiger partial charge in [-0.25, -0.2) is 4.79 Å². The van der Waals surface area contributed by atoms with Crippen molar-refractivity contribution in [3.8, 4) is 5.75 Å². The van der Waals surface area contributed by atoms with E-state index in [1.54, 1.807) is 6.92 Å². The summed E-state index contributed by atoms with van der Waals surface area (Å²) in [5.41, 5.74) is 2.73. The molecule has 2 rings (SSSR count). The van der Waals surface area contributed by atoms with Crippen LogP contribution < -0.4 is 4.74 Å². The fraction of sp³-hybridized carbons (Fsp3) is 0.278. The first-order valence-corrected chi connectivity index (χ1v) is 6.92. The van der Waals surface area contributed by atoms with Crippen LogP contribution in [0.25, 0.3) is 6.08 Å². The molecule has 1 N–H and O–H groups in total. The van der Waals surface area contributed by atoms with Crippen molar-refractivity contribution in [2.24, 2.45) is 5.41 Å². The van der Waals surface area contributed by atoms with Crippen molar-refractivity contribution in [3.63, 3.8) is 0 Å². The Bertz CT molecular complexity index is 634. The lowest BCUT2D eigenvalue weighted by Crippen LogP contribution is -2.21. The van der Waals surface area contributed by atoms with Crippen LogP contribution >= 0.6 is 0 Å². The van der Waals surface area contributed by atoms with E-state index in [0.717, 1.165) is 16.9 Å². The average molecular weight is 284 g/mol. The van der Waals surface area contributed by atoms with Crippen molar-refractivity contribution in [3.05, 3.63) is 59.2 Å². The van der Waals surface area contributed by atoms with Crippen molar-refractivity contribution >= 4 is 12.0 Å². The Hall–Kier alpha value is -2.29. The molecule has 1 aliphatic heterocycles. The zero-order chi connectivity index (χ0) is 15.5. The Kier molecular flexibility index (Phi) is 4.32. The number of para-hydroxylation sites is 1. The van der Waals surface area contributed by atoms with Crippen LogP contribution in [0.15, 0.2) is 53.6 Å². The number of carboxylic acids is 1. The highest BCUT2D eigenvalue weighted by Gasteiger charge is 2.25. The van der Waals surface area contributed by atoms with Gasteiger partial charge in [-0.2, -0.15) is 0 Å². The standard InChI is InChI=1S/C18H20O3/c1-13(10-17(19)20)8-9-15-11-14-6-4-5-7-16(14)21-12-18(15,2)3/h4-11H,12H2,1-3H3,(H,19,20)/b9-8+,13-10+. The van der Waals surface area contributed by atoms with Gasteiger partial charge in [0, 0.05) is 17.1 Å². The number of aliphatic carboxylic acids is 1. The summed E-state index contributed by atoms with van der Waals surface area (Å²) in [6.45, 7) is 6.60. The Balaban J connectivity index is 2.37. The summed E-state index contributed by atoms with van der Waals surface area (Å²) < 4.78 is 5.87. The number of fused-ring (bicyclic) bond motifs is 1. The quantitative estimate of drug-likeness (QED) is 0.672. The molecule has 0 bridgehead atoms. The fourth-order valence-corrected chi connectivity index (χ4v) is 2.17. The third kappa shape index (κ3) is 3.85. The van der Waals surface area contributed by atoms with Gasteiger partial charge in [-0.1, -0.05) is 44.2 Å². The first kappa shape index (κ1) is 15.1. The maximum absolute atomic E-state index is 10.7. The van der Waals surface area contributed by atoms with E-state index >= 15 is 0 Å². The SMILES string of the molecule is CC(/C=C/C1=Cc2ccccc2OCC1(C)C)=C\C(=O)O. The van der Waals surface area contributed by atoms with Crippen LogP contribution in [0.3, 0.4) is 0 Å². The summed E-state index contributed by atoms with van der Waals surface area (Å²) in [5.74, 6) is -0.0493. The van der Waals surface area contributed by atoms with Crippen molar-refractivity contribution in [2.45, 2.75) is 20.8 Å². The number of rotatable bonds is 3. The van der Waals surface area contributed by atoms with Gasteiger partial charge in [-0.15, -0.1) is 0 Å². The molecule has 0 aliphatic carbocycles. The number of allylic oxidation sites excluding steroid dienone is 3. The monoisotopic (exact) mass is 284 g/mol. The molecule has 1 aliphatic rings. The third-order valence-electron chi connectivity index (χ3n) is 3.48. The molecule has 1 heterocycles. The van der Waals surface area contributed by atoms with Crippen molar-refractivity contribution in [2.75, 3.05) is 6.61 Å². The number of carbonyl (C=O) groups is 1. The van der Waals surface area contributed by atoms with E-state index in [-0.39, 0.29) is 5.41 Å². The molecule has 0 saturated carbocycles. The zero-order valence-electron chi connectivity index (χ0n) is 12.6. The van der Waals surface area contributed by atoms with Gasteiger partial charge < -0.3 is 9.84 Å². The first-order chi connectivity index (χ1) is 9.88. The minimum atomic E-state index is -0.931. The molecule has 1 aromatic carbocycles. The Labute approximate surface area is 125 Å². The number of ether oxygens (including phenoxy) is 1. The molecule has 3 nitrogen and oxygen atoms in total. The molecule has 1 aromatic rings. The van der Waals surface area contributed by atoms with E-state index in [2.05, 4.69) is 19.9 Å². The summed E-state index contributed by atoms with van der Waals surface area (Å²) in [6, 6.07) is 7.92. The fourth-order valence-electron chi connectivity index (χ4n) is 2.17. The second-order valence-corrected chi connectivity index (χ2v) is 5.87. The molecular formula is C18H20O3. The lowest BCUT2D eigenvalue weighted by Gasteiger charge is -2.24. The summed E-state index contributed by atoms with van der Waals surface area (Å²) in [6.07, 6.45) is 7.11. The van der Waals surface area contributed by atoms with Crippen LogP contribution in [0.1, 0.15) is 26.3 Å². The van der Waals surface area contributed by atoms with Gasteiger partial charge in [0.1, 0.15) is 5.75 Å². The van der Waals surface area contributed by atoms with Gasteiger partial charge in [-0.05, 0) is 30.2 Å². The van der Waals surface area contributed by atoms with Crippen molar-refractivity contribution < 1.29 is 14.6 Å². The van der Waals surface area contributed by atoms with Crippen LogP contribution in [0.2, 0.25) is 0 Å². The molecule has 0 atom stereocenters. The topological polar surface area (TPSA) is 46.5 Å². The van der Waals surface area contributed by atoms with E-state index in [1.807, 2.05) is 36.4 Å². The van der Waals surface area contributed by atoms with Gasteiger partial charge in [0.15, 0.2) is 0 Å². The molecule has 3 heteroatoms. The van der Waals surface area contributed by atoms with Crippen LogP contribution in [-0.2, 0) is 4.79 Å². The second kappa shape index (κ2) is 6.00. The lowest BCUT2D eigenvalue weighted by atomic mass is 9.84. The third-order valence-corrected chi connectivity index (χ3v) is 3.48. The van der Waals surface area contributed by atoms with E-state index in [4.69, 9.17) is 9.84 Å². The minimum absolute atomic E-state index is 0.140. The molecule has 0 saturated heterocycles. The predicted molar refractivity (Wildman–Crippen MR) is 84.2 cm³/mol. The highest BCUT2D eigenvalue weighted by Crippen LogP contribution is 2.36. The summed E-state index contributed by atoms with van der Waals surface area (Å²) in [7, 11) is 0. The van der Waals surface area contributed by atoms with Gasteiger partial charge >= 0.3 is 5.97 Å². The molecule has 110 valence electrons. The summed E-state index contributed by atoms with van der Waals surface area (Å²) >= 11 is 0. The predicted octanol–water partition coefficient (Wildman–Crippen LogP) is 4.08. The van der Waals surface area contributed by atoms with Crippen LogP contribution in [0.5, 0.6) is 5.75 Å². The van der Waals surface area contributed by atoms with E-state index < -0.39 is 5.97 Å². The second-order valence-electron chi connectivity index (χ2n) is 5.87. The maximum Gasteiger partial charge on any atom is 0.328 e. The molecule has 0 unspecified atom stereocenters. The molecule has 0 spiro atoms. The van der Waals surface area contributed by atoms with Crippen molar-refractivity contribution in [1.29, 1.82) is 0 Å². The molecule has 0 fully saturated rings. The van der Waals surface area contributed by atoms with E-state index in [9.17, 15) is 4.79 Å². The normalized spacial score (nSPS) is 17.7. The van der Waals surface area contributed by atoms with Gasteiger partial charge in [0.05, 0.1) is 6.61 Å². The highest BCUT2D eigenvalue weighted by atomic mass is 16.5. The average Bonchev–Trinajstić information content (AvgIpc) is 2.53. The first-order valence-electron chi connectivity index (χ1n) is 6.92. The van der Waals surface area contributed by atoms with Gasteiger partial charge in [0.25, 0.3) is 0 Å². The zero-order valence-corrected chi connectivity index (χ0v) is 12.6. The van der Waals surface area contributed by atoms with Crippen LogP contribution in [0, 0.1) is 5.41 Å². The molecule has 0 radical (unpaired) electrons. The molecule has 0 amide bonds. The largest absolute Gasteiger partial charge is 0.492 e. The molecular weight excluding hydrogens is 264 g/mol. The molecule has 21 heavy (non-hydrogen) atoms. The Morgan fingerprint density at radius 3 is 2.76 bits per heavy atom. The smallest absolute Gasteiger partial charge is 0.328 e. The van der Waals surface area contributed by atoms with E-state index in [0.29, 0.717) is 12.2 Å². The van der Waals surface area contributed by atoms with Gasteiger partial charge in [0.2, 0.25) is 0 Å². The van der Waals surface area contributed by atoms with E-state index in [1.165, 1.54) is 6.08 Å². The Morgan fingerprint density at radius 1 is 1.33 bits per heavy atom. The maximum atomic E-state index is 10.7. The number of benzene rings is 1. The summed E-state index contributed by atoms with van der Waals surface area (Å²) in [4.78, 5) is 10.7. The van der Waals surface area contributed by atoms with Crippen LogP contribution in [-0.4, -0.2) is 17.7 Å². The minimum Gasteiger partial charge on any atom is -0.492 e. The van der Waals surface area contributed by atoms with Crippen LogP contribution in [0.4, 0.5) is 0 Å².